The fourth-order valence-corrected chi connectivity index (χ4v) is 5.60. The Morgan fingerprint density at radius 2 is 1.97 bits per heavy atom. The molecule has 1 aliphatic rings. The number of nitrogens with zero attached hydrogens (tertiary/aromatic N) is 3. The second-order valence-electron chi connectivity index (χ2n) is 7.25. The molecule has 1 atom stereocenters. The summed E-state index contributed by atoms with van der Waals surface area (Å²) >= 11 is 3.06. The Morgan fingerprint density at radius 3 is 2.70 bits per heavy atom. The predicted octanol–water partition coefficient (Wildman–Crippen LogP) is 4.27. The van der Waals surface area contributed by atoms with Crippen LogP contribution in [0.4, 0.5) is 5.69 Å². The Bertz CT molecular complexity index is 1030. The second-order valence-corrected chi connectivity index (χ2v) is 9.68. The van der Waals surface area contributed by atoms with Crippen LogP contribution >= 0.6 is 23.1 Å². The van der Waals surface area contributed by atoms with Crippen LogP contribution in [0.15, 0.2) is 53.1 Å². The van der Waals surface area contributed by atoms with Crippen molar-refractivity contribution in [3.05, 3.63) is 59.4 Å². The molecule has 0 bridgehead atoms. The number of anilines is 1. The predicted molar refractivity (Wildman–Crippen MR) is 121 cm³/mol. The number of thioether (sulfide) groups is 1. The van der Waals surface area contributed by atoms with E-state index in [0.29, 0.717) is 18.7 Å². The molecule has 0 saturated carbocycles. The first-order valence-corrected chi connectivity index (χ1v) is 11.7. The lowest BCUT2D eigenvalue weighted by Crippen LogP contribution is -2.44. The molecule has 1 saturated heterocycles. The number of benzene rings is 1. The average Bonchev–Trinajstić information content (AvgIpc) is 3.49. The first-order chi connectivity index (χ1) is 14.5. The van der Waals surface area contributed by atoms with Gasteiger partial charge in [-0.25, -0.2) is 4.98 Å². The van der Waals surface area contributed by atoms with Crippen molar-refractivity contribution in [3.63, 3.8) is 0 Å². The Balaban J connectivity index is 1.42. The van der Waals surface area contributed by atoms with Crippen LogP contribution in [0.3, 0.4) is 0 Å². The number of aryl methyl sites for hydroxylation is 2. The SMILES string of the molecule is Cc1nc(SCC(=O)N2CCC[C@H]2C(=O)Nc2ccccc2-n2cccc2)sc1C. The first-order valence-electron chi connectivity index (χ1n) is 9.92. The second kappa shape index (κ2) is 9.06. The fourth-order valence-electron chi connectivity index (χ4n) is 3.56. The highest BCUT2D eigenvalue weighted by molar-refractivity contribution is 8.01. The molecule has 1 N–H and O–H groups in total. The van der Waals surface area contributed by atoms with Gasteiger partial charge in [-0.1, -0.05) is 23.9 Å². The summed E-state index contributed by atoms with van der Waals surface area (Å²) in [5, 5.41) is 3.04. The number of carbonyl (C=O) groups is 2. The smallest absolute Gasteiger partial charge is 0.247 e. The van der Waals surface area contributed by atoms with Gasteiger partial charge in [-0.2, -0.15) is 0 Å². The van der Waals surface area contributed by atoms with Crippen LogP contribution < -0.4 is 5.32 Å². The van der Waals surface area contributed by atoms with Crippen molar-refractivity contribution in [2.75, 3.05) is 17.6 Å². The van der Waals surface area contributed by atoms with E-state index in [4.69, 9.17) is 0 Å². The van der Waals surface area contributed by atoms with E-state index in [0.717, 1.165) is 27.8 Å². The molecule has 1 fully saturated rings. The van der Waals surface area contributed by atoms with E-state index in [1.165, 1.54) is 16.6 Å². The van der Waals surface area contributed by atoms with Gasteiger partial charge in [0.15, 0.2) is 4.34 Å². The Kier molecular flexibility index (Phi) is 6.24. The van der Waals surface area contributed by atoms with E-state index in [2.05, 4.69) is 10.3 Å². The van der Waals surface area contributed by atoms with Crippen LogP contribution in [0.25, 0.3) is 5.69 Å². The number of hydrogen-bond donors (Lipinski definition) is 1. The molecule has 0 aliphatic carbocycles. The molecular weight excluding hydrogens is 416 g/mol. The first kappa shape index (κ1) is 20.7. The highest BCUT2D eigenvalue weighted by Gasteiger charge is 2.34. The summed E-state index contributed by atoms with van der Waals surface area (Å²) < 4.78 is 2.86. The van der Waals surface area contributed by atoms with E-state index in [1.54, 1.807) is 16.2 Å². The summed E-state index contributed by atoms with van der Waals surface area (Å²) in [6.07, 6.45) is 5.40. The highest BCUT2D eigenvalue weighted by atomic mass is 32.2. The van der Waals surface area contributed by atoms with Gasteiger partial charge in [0.1, 0.15) is 6.04 Å². The van der Waals surface area contributed by atoms with Gasteiger partial charge in [0.2, 0.25) is 11.8 Å². The number of rotatable bonds is 6. The van der Waals surface area contributed by atoms with Crippen molar-refractivity contribution in [1.82, 2.24) is 14.5 Å². The van der Waals surface area contributed by atoms with Crippen molar-refractivity contribution in [2.24, 2.45) is 0 Å². The highest BCUT2D eigenvalue weighted by Crippen LogP contribution is 2.28. The summed E-state index contributed by atoms with van der Waals surface area (Å²) in [6.45, 7) is 4.63. The van der Waals surface area contributed by atoms with Gasteiger partial charge in [-0.05, 0) is 51.0 Å². The van der Waals surface area contributed by atoms with Gasteiger partial charge in [0.05, 0.1) is 22.8 Å². The molecule has 4 rings (SSSR count). The van der Waals surface area contributed by atoms with Crippen molar-refractivity contribution < 1.29 is 9.59 Å². The molecule has 30 heavy (non-hydrogen) atoms. The van der Waals surface area contributed by atoms with Crippen LogP contribution in [0.1, 0.15) is 23.4 Å². The van der Waals surface area contributed by atoms with Gasteiger partial charge in [0.25, 0.3) is 0 Å². The molecular formula is C22H24N4O2S2. The van der Waals surface area contributed by atoms with Crippen molar-refractivity contribution in [3.8, 4) is 5.69 Å². The van der Waals surface area contributed by atoms with Crippen LogP contribution in [0.2, 0.25) is 0 Å². The molecule has 3 heterocycles. The van der Waals surface area contributed by atoms with Gasteiger partial charge in [0, 0.05) is 23.8 Å². The van der Waals surface area contributed by atoms with Gasteiger partial charge < -0.3 is 14.8 Å². The van der Waals surface area contributed by atoms with Gasteiger partial charge >= 0.3 is 0 Å². The molecule has 8 heteroatoms. The molecule has 6 nitrogen and oxygen atoms in total. The molecule has 3 aromatic rings. The Hall–Kier alpha value is -2.58. The number of thiazole rings is 1. The maximum Gasteiger partial charge on any atom is 0.247 e. The third-order valence-corrected chi connectivity index (χ3v) is 7.45. The maximum absolute atomic E-state index is 13.0. The molecule has 0 radical (unpaired) electrons. The molecule has 156 valence electrons. The lowest BCUT2D eigenvalue weighted by atomic mass is 10.2. The standard InChI is InChI=1S/C22H24N4O2S2/c1-15-16(2)30-22(23-15)29-14-20(27)26-13-7-10-19(26)21(28)24-17-8-3-4-9-18(17)25-11-5-6-12-25/h3-6,8-9,11-12,19H,7,10,13-14H2,1-2H3,(H,24,28)/t19-/m0/s1. The third-order valence-electron chi connectivity index (χ3n) is 5.25. The quantitative estimate of drug-likeness (QED) is 0.581. The zero-order valence-corrected chi connectivity index (χ0v) is 18.6. The van der Waals surface area contributed by atoms with Crippen LogP contribution in [-0.4, -0.2) is 44.6 Å². The fraction of sp³-hybridized carbons (Fsp3) is 0.318. The van der Waals surface area contributed by atoms with E-state index in [9.17, 15) is 9.59 Å². The molecule has 0 spiro atoms. The molecule has 0 unspecified atom stereocenters. The van der Waals surface area contributed by atoms with Crippen LogP contribution in [-0.2, 0) is 9.59 Å². The zero-order valence-electron chi connectivity index (χ0n) is 17.0. The summed E-state index contributed by atoms with van der Waals surface area (Å²) in [5.74, 6) is 0.157. The topological polar surface area (TPSA) is 67.2 Å². The normalized spacial score (nSPS) is 16.1. The van der Waals surface area contributed by atoms with Crippen LogP contribution in [0, 0.1) is 13.8 Å². The maximum atomic E-state index is 13.0. The number of likely N-dealkylation sites (tertiary alicyclic amines) is 1. The molecule has 2 aromatic heterocycles. The number of aromatic nitrogens is 2. The van der Waals surface area contributed by atoms with Crippen LogP contribution in [0.5, 0.6) is 0 Å². The van der Waals surface area contributed by atoms with E-state index in [1.807, 2.05) is 67.2 Å². The molecule has 1 aromatic carbocycles. The minimum absolute atomic E-state index is 0.0122. The summed E-state index contributed by atoms with van der Waals surface area (Å²) in [4.78, 5) is 33.2. The zero-order chi connectivity index (χ0) is 21.1. The largest absolute Gasteiger partial charge is 0.330 e. The molecule has 1 aliphatic heterocycles. The minimum atomic E-state index is -0.435. The number of carbonyl (C=O) groups excluding carboxylic acids is 2. The summed E-state index contributed by atoms with van der Waals surface area (Å²) in [5.41, 5.74) is 2.65. The number of nitrogens with one attached hydrogen (secondary N) is 1. The van der Waals surface area contributed by atoms with Crippen molar-refractivity contribution in [2.45, 2.75) is 37.1 Å². The van der Waals surface area contributed by atoms with E-state index in [-0.39, 0.29) is 11.8 Å². The number of para-hydroxylation sites is 2. The molecule has 2 amide bonds. The third kappa shape index (κ3) is 4.44. The minimum Gasteiger partial charge on any atom is -0.330 e. The number of hydrogen-bond acceptors (Lipinski definition) is 5. The Morgan fingerprint density at radius 1 is 1.20 bits per heavy atom. The summed E-state index contributed by atoms with van der Waals surface area (Å²) in [7, 11) is 0. The van der Waals surface area contributed by atoms with Crippen molar-refractivity contribution >= 4 is 40.6 Å². The Labute approximate surface area is 184 Å². The van der Waals surface area contributed by atoms with E-state index < -0.39 is 6.04 Å². The van der Waals surface area contributed by atoms with E-state index >= 15 is 0 Å². The monoisotopic (exact) mass is 440 g/mol. The average molecular weight is 441 g/mol. The van der Waals surface area contributed by atoms with Gasteiger partial charge in [-0.3, -0.25) is 9.59 Å². The summed E-state index contributed by atoms with van der Waals surface area (Å²) in [6, 6.07) is 11.1. The lowest BCUT2D eigenvalue weighted by Gasteiger charge is -2.24. The lowest BCUT2D eigenvalue weighted by molar-refractivity contribution is -0.134. The van der Waals surface area contributed by atoms with Crippen molar-refractivity contribution in [1.29, 1.82) is 0 Å². The number of amides is 2. The van der Waals surface area contributed by atoms with Gasteiger partial charge in [-0.15, -0.1) is 11.3 Å².